The third-order valence-corrected chi connectivity index (χ3v) is 5.34. The van der Waals surface area contributed by atoms with Gasteiger partial charge in [0.1, 0.15) is 5.82 Å². The number of anilines is 1. The molecule has 2 saturated heterocycles. The fourth-order valence-corrected chi connectivity index (χ4v) is 4.15. The lowest BCUT2D eigenvalue weighted by atomic mass is 9.98. The van der Waals surface area contributed by atoms with Gasteiger partial charge in [0.05, 0.1) is 5.56 Å². The van der Waals surface area contributed by atoms with Gasteiger partial charge in [-0.05, 0) is 43.4 Å². The van der Waals surface area contributed by atoms with E-state index in [0.29, 0.717) is 30.2 Å². The molecular formula is C20H24N4O. The molecule has 0 radical (unpaired) electrons. The summed E-state index contributed by atoms with van der Waals surface area (Å²) in [5, 5.41) is 2.94. The Labute approximate surface area is 148 Å². The molecule has 25 heavy (non-hydrogen) atoms. The van der Waals surface area contributed by atoms with Crippen LogP contribution in [0, 0.1) is 0 Å². The predicted molar refractivity (Wildman–Crippen MR) is 98.3 cm³/mol. The van der Waals surface area contributed by atoms with Crippen molar-refractivity contribution in [3.8, 4) is 0 Å². The summed E-state index contributed by atoms with van der Waals surface area (Å²) in [6.07, 6.45) is 6.15. The normalized spacial score (nSPS) is 25.0. The zero-order valence-corrected chi connectivity index (χ0v) is 14.3. The number of aromatic nitrogens is 1. The van der Waals surface area contributed by atoms with Gasteiger partial charge in [0.2, 0.25) is 0 Å². The van der Waals surface area contributed by atoms with Crippen molar-refractivity contribution in [2.75, 3.05) is 4.90 Å². The van der Waals surface area contributed by atoms with Crippen molar-refractivity contribution < 1.29 is 4.79 Å². The van der Waals surface area contributed by atoms with Gasteiger partial charge in [0.15, 0.2) is 0 Å². The van der Waals surface area contributed by atoms with Crippen molar-refractivity contribution in [3.63, 3.8) is 0 Å². The van der Waals surface area contributed by atoms with Crippen molar-refractivity contribution in [1.82, 2.24) is 10.3 Å². The molecule has 2 aliphatic rings. The fraction of sp³-hybridized carbons (Fsp3) is 0.400. The summed E-state index contributed by atoms with van der Waals surface area (Å²) in [6.45, 7) is 0.523. The molecule has 3 heterocycles. The molecule has 3 atom stereocenters. The quantitative estimate of drug-likeness (QED) is 0.900. The third kappa shape index (κ3) is 3.37. The zero-order chi connectivity index (χ0) is 17.2. The average molecular weight is 336 g/mol. The number of rotatable bonds is 4. The number of amides is 1. The first-order valence-corrected chi connectivity index (χ1v) is 9.03. The molecule has 5 heteroatoms. The summed E-state index contributed by atoms with van der Waals surface area (Å²) in [6, 6.07) is 15.1. The molecule has 2 aliphatic heterocycles. The lowest BCUT2D eigenvalue weighted by Crippen LogP contribution is -2.47. The van der Waals surface area contributed by atoms with Gasteiger partial charge in [-0.3, -0.25) is 4.79 Å². The zero-order valence-electron chi connectivity index (χ0n) is 14.3. The Kier molecular flexibility index (Phi) is 4.40. The third-order valence-electron chi connectivity index (χ3n) is 5.34. The highest BCUT2D eigenvalue weighted by atomic mass is 16.1. The molecule has 1 amide bonds. The topological polar surface area (TPSA) is 71.2 Å². The Hall–Kier alpha value is -2.40. The van der Waals surface area contributed by atoms with Crippen LogP contribution in [0.1, 0.15) is 41.6 Å². The molecular weight excluding hydrogens is 312 g/mol. The van der Waals surface area contributed by atoms with Crippen LogP contribution in [0.4, 0.5) is 5.82 Å². The minimum atomic E-state index is -0.0912. The maximum absolute atomic E-state index is 12.3. The standard InChI is InChI=1S/C20H24N4O/c21-16-10-17-7-8-18(11-16)24(17)19-9-6-15(13-22-19)20(25)23-12-14-4-2-1-3-5-14/h1-6,9,13,16-18H,7-8,10-12,21H2,(H,23,25)/t16-,17+,18-. The van der Waals surface area contributed by atoms with Gasteiger partial charge in [0.25, 0.3) is 5.91 Å². The average Bonchev–Trinajstić information content (AvgIpc) is 2.92. The van der Waals surface area contributed by atoms with Crippen LogP contribution < -0.4 is 16.0 Å². The van der Waals surface area contributed by atoms with E-state index in [0.717, 1.165) is 24.2 Å². The fourth-order valence-electron chi connectivity index (χ4n) is 4.15. The van der Waals surface area contributed by atoms with Crippen LogP contribution in [-0.2, 0) is 6.54 Å². The van der Waals surface area contributed by atoms with Gasteiger partial charge in [-0.2, -0.15) is 0 Å². The van der Waals surface area contributed by atoms with E-state index in [4.69, 9.17) is 5.73 Å². The first-order valence-electron chi connectivity index (χ1n) is 9.03. The highest BCUT2D eigenvalue weighted by Gasteiger charge is 2.40. The van der Waals surface area contributed by atoms with E-state index < -0.39 is 0 Å². The van der Waals surface area contributed by atoms with Crippen molar-refractivity contribution in [2.24, 2.45) is 5.73 Å². The van der Waals surface area contributed by atoms with Crippen molar-refractivity contribution >= 4 is 11.7 Å². The van der Waals surface area contributed by atoms with Crippen LogP contribution in [0.25, 0.3) is 0 Å². The summed E-state index contributed by atoms with van der Waals surface area (Å²) in [5.41, 5.74) is 7.82. The molecule has 2 fully saturated rings. The van der Waals surface area contributed by atoms with Gasteiger partial charge in [-0.1, -0.05) is 30.3 Å². The number of hydrogen-bond donors (Lipinski definition) is 2. The highest BCUT2D eigenvalue weighted by molar-refractivity contribution is 5.94. The van der Waals surface area contributed by atoms with E-state index in [1.807, 2.05) is 42.5 Å². The Morgan fingerprint density at radius 3 is 2.48 bits per heavy atom. The summed E-state index contributed by atoms with van der Waals surface area (Å²) < 4.78 is 0. The van der Waals surface area contributed by atoms with Gasteiger partial charge < -0.3 is 16.0 Å². The first-order chi connectivity index (χ1) is 12.2. The lowest BCUT2D eigenvalue weighted by Gasteiger charge is -2.38. The summed E-state index contributed by atoms with van der Waals surface area (Å²) in [7, 11) is 0. The molecule has 2 bridgehead atoms. The van der Waals surface area contributed by atoms with Gasteiger partial charge in [-0.25, -0.2) is 4.98 Å². The molecule has 1 aromatic heterocycles. The second-order valence-corrected chi connectivity index (χ2v) is 7.10. The Morgan fingerprint density at radius 2 is 1.84 bits per heavy atom. The van der Waals surface area contributed by atoms with Crippen LogP contribution in [-0.4, -0.2) is 29.0 Å². The maximum Gasteiger partial charge on any atom is 0.253 e. The first kappa shape index (κ1) is 16.1. The van der Waals surface area contributed by atoms with E-state index in [1.165, 1.54) is 12.8 Å². The predicted octanol–water partition coefficient (Wildman–Crippen LogP) is 2.47. The number of nitrogens with two attached hydrogens (primary N) is 1. The minimum Gasteiger partial charge on any atom is -0.351 e. The van der Waals surface area contributed by atoms with Gasteiger partial charge >= 0.3 is 0 Å². The van der Waals surface area contributed by atoms with E-state index in [1.54, 1.807) is 6.20 Å². The van der Waals surface area contributed by atoms with Crippen molar-refractivity contribution in [2.45, 2.75) is 50.4 Å². The molecule has 130 valence electrons. The number of nitrogens with zero attached hydrogens (tertiary/aromatic N) is 2. The molecule has 1 aromatic carbocycles. The van der Waals surface area contributed by atoms with Crippen molar-refractivity contribution in [3.05, 3.63) is 59.8 Å². The second kappa shape index (κ2) is 6.84. The largest absolute Gasteiger partial charge is 0.351 e. The molecule has 0 saturated carbocycles. The second-order valence-electron chi connectivity index (χ2n) is 7.10. The molecule has 0 aliphatic carbocycles. The van der Waals surface area contributed by atoms with Gasteiger partial charge in [-0.15, -0.1) is 0 Å². The Balaban J connectivity index is 1.41. The van der Waals surface area contributed by atoms with Crippen molar-refractivity contribution in [1.29, 1.82) is 0 Å². The van der Waals surface area contributed by atoms with Gasteiger partial charge in [0, 0.05) is 30.9 Å². The van der Waals surface area contributed by atoms with E-state index in [-0.39, 0.29) is 5.91 Å². The number of benzene rings is 1. The van der Waals surface area contributed by atoms with Crippen LogP contribution >= 0.6 is 0 Å². The minimum absolute atomic E-state index is 0.0912. The van der Waals surface area contributed by atoms with Crippen LogP contribution in [0.5, 0.6) is 0 Å². The summed E-state index contributed by atoms with van der Waals surface area (Å²) in [4.78, 5) is 19.3. The molecule has 5 nitrogen and oxygen atoms in total. The number of hydrogen-bond acceptors (Lipinski definition) is 4. The van der Waals surface area contributed by atoms with Crippen LogP contribution in [0.15, 0.2) is 48.7 Å². The summed E-state index contributed by atoms with van der Waals surface area (Å²) >= 11 is 0. The number of carbonyl (C=O) groups is 1. The van der Waals surface area contributed by atoms with Crippen LogP contribution in [0.2, 0.25) is 0 Å². The van der Waals surface area contributed by atoms with E-state index in [9.17, 15) is 4.79 Å². The smallest absolute Gasteiger partial charge is 0.253 e. The molecule has 2 aromatic rings. The molecule has 4 rings (SSSR count). The molecule has 3 N–H and O–H groups in total. The SMILES string of the molecule is N[C@H]1C[C@H]2CC[C@@H](C1)N2c1ccc(C(=O)NCc2ccccc2)cn1. The molecule has 0 spiro atoms. The maximum atomic E-state index is 12.3. The van der Waals surface area contributed by atoms with E-state index in [2.05, 4.69) is 15.2 Å². The monoisotopic (exact) mass is 336 g/mol. The number of carbonyl (C=O) groups excluding carboxylic acids is 1. The molecule has 0 unspecified atom stereocenters. The lowest BCUT2D eigenvalue weighted by molar-refractivity contribution is 0.0950. The Morgan fingerprint density at radius 1 is 1.12 bits per heavy atom. The van der Waals surface area contributed by atoms with E-state index >= 15 is 0 Å². The number of pyridine rings is 1. The summed E-state index contributed by atoms with van der Waals surface area (Å²) in [5.74, 6) is 0.880. The number of nitrogens with one attached hydrogen (secondary N) is 1. The number of piperidine rings is 1. The number of fused-ring (bicyclic) bond motifs is 2. The van der Waals surface area contributed by atoms with Crippen LogP contribution in [0.3, 0.4) is 0 Å². The Bertz CT molecular complexity index is 717. The highest BCUT2D eigenvalue weighted by Crippen LogP contribution is 2.37.